The summed E-state index contributed by atoms with van der Waals surface area (Å²) in [5, 5.41) is 14.5. The van der Waals surface area contributed by atoms with Crippen molar-refractivity contribution in [2.24, 2.45) is 11.0 Å². The van der Waals surface area contributed by atoms with E-state index in [4.69, 9.17) is 0 Å². The second-order valence-electron chi connectivity index (χ2n) is 5.71. The molecule has 0 radical (unpaired) electrons. The van der Waals surface area contributed by atoms with Gasteiger partial charge in [-0.15, -0.1) is 0 Å². The summed E-state index contributed by atoms with van der Waals surface area (Å²) in [6, 6.07) is 6.13. The first-order chi connectivity index (χ1) is 10.8. The molecule has 1 aliphatic heterocycles. The lowest BCUT2D eigenvalue weighted by Crippen LogP contribution is -2.61. The molecule has 1 amide bonds. The van der Waals surface area contributed by atoms with Gasteiger partial charge in [0.1, 0.15) is 0 Å². The molecule has 1 fully saturated rings. The maximum Gasteiger partial charge on any atom is 0.439 e. The van der Waals surface area contributed by atoms with Crippen molar-refractivity contribution < 1.29 is 23.1 Å². The van der Waals surface area contributed by atoms with Gasteiger partial charge >= 0.3 is 6.18 Å². The normalized spacial score (nSPS) is 27.6. The van der Waals surface area contributed by atoms with Gasteiger partial charge in [-0.05, 0) is 47.3 Å². The molecule has 1 aromatic rings. The van der Waals surface area contributed by atoms with Crippen LogP contribution in [0.5, 0.6) is 0 Å². The van der Waals surface area contributed by atoms with Crippen LogP contribution in [0.15, 0.2) is 33.8 Å². The topological polar surface area (TPSA) is 52.9 Å². The summed E-state index contributed by atoms with van der Waals surface area (Å²) >= 11 is 3.15. The summed E-state index contributed by atoms with van der Waals surface area (Å²) in [5.41, 5.74) is -3.01. The number of alkyl halides is 3. The van der Waals surface area contributed by atoms with Gasteiger partial charge in [-0.2, -0.15) is 23.3 Å². The van der Waals surface area contributed by atoms with Crippen LogP contribution in [-0.4, -0.2) is 33.6 Å². The predicted molar refractivity (Wildman–Crippen MR) is 80.7 cm³/mol. The van der Waals surface area contributed by atoms with E-state index in [0.717, 1.165) is 0 Å². The van der Waals surface area contributed by atoms with Crippen LogP contribution in [0.3, 0.4) is 0 Å². The molecule has 0 saturated heterocycles. The van der Waals surface area contributed by atoms with E-state index in [9.17, 15) is 23.1 Å². The Morgan fingerprint density at radius 2 is 2.04 bits per heavy atom. The van der Waals surface area contributed by atoms with Crippen molar-refractivity contribution in [1.29, 1.82) is 0 Å². The van der Waals surface area contributed by atoms with Gasteiger partial charge in [0.2, 0.25) is 0 Å². The van der Waals surface area contributed by atoms with Gasteiger partial charge in [-0.1, -0.05) is 18.6 Å². The lowest BCUT2D eigenvalue weighted by molar-refractivity contribution is -0.312. The molecule has 1 aromatic carbocycles. The third kappa shape index (κ3) is 2.48. The molecule has 3 rings (SSSR count). The number of aliphatic hydroxyl groups is 1. The average molecular weight is 391 g/mol. The number of hydrogen-bond donors (Lipinski definition) is 1. The Balaban J connectivity index is 2.07. The first-order valence-electron chi connectivity index (χ1n) is 7.22. The molecule has 23 heavy (non-hydrogen) atoms. The van der Waals surface area contributed by atoms with Crippen LogP contribution < -0.4 is 0 Å². The van der Waals surface area contributed by atoms with Gasteiger partial charge < -0.3 is 5.11 Å². The zero-order chi connectivity index (χ0) is 16.8. The molecule has 1 saturated carbocycles. The Labute approximate surface area is 139 Å². The molecule has 1 aliphatic carbocycles. The Kier molecular flexibility index (Phi) is 4.00. The van der Waals surface area contributed by atoms with E-state index in [0.29, 0.717) is 23.7 Å². The lowest BCUT2D eigenvalue weighted by atomic mass is 9.80. The van der Waals surface area contributed by atoms with Crippen LogP contribution in [0.2, 0.25) is 0 Å². The summed E-state index contributed by atoms with van der Waals surface area (Å²) in [7, 11) is 0. The van der Waals surface area contributed by atoms with E-state index in [2.05, 4.69) is 21.0 Å². The van der Waals surface area contributed by atoms with Crippen molar-refractivity contribution in [2.45, 2.75) is 37.6 Å². The number of hydrazone groups is 1. The number of hydrogen-bond acceptors (Lipinski definition) is 3. The molecule has 4 nitrogen and oxygen atoms in total. The molecule has 2 aliphatic rings. The monoisotopic (exact) mass is 390 g/mol. The third-order valence-corrected chi connectivity index (χ3v) is 5.02. The van der Waals surface area contributed by atoms with E-state index in [1.54, 1.807) is 18.2 Å². The number of amides is 1. The van der Waals surface area contributed by atoms with Crippen LogP contribution in [0.1, 0.15) is 36.0 Å². The van der Waals surface area contributed by atoms with Crippen LogP contribution in [0, 0.1) is 5.92 Å². The van der Waals surface area contributed by atoms with Gasteiger partial charge in [-0.3, -0.25) is 4.79 Å². The van der Waals surface area contributed by atoms with Crippen molar-refractivity contribution in [3.63, 3.8) is 0 Å². The minimum absolute atomic E-state index is 0.0261. The van der Waals surface area contributed by atoms with Crippen molar-refractivity contribution in [3.05, 3.63) is 34.3 Å². The van der Waals surface area contributed by atoms with Gasteiger partial charge in [0.25, 0.3) is 11.6 Å². The summed E-state index contributed by atoms with van der Waals surface area (Å²) in [6.07, 6.45) is -3.19. The standard InChI is InChI=1S/C15H14BrF3N2O2/c16-11-7-3-1-5-9(11)13(22)21-14(23,15(17,18)19)10-6-2-4-8-12(10)20-21/h1,3,5,7,10,23H,2,4,6,8H2/t10-,14-/m0/s1. The molecular formula is C15H14BrF3N2O2. The van der Waals surface area contributed by atoms with Crippen LogP contribution in [0.25, 0.3) is 0 Å². The van der Waals surface area contributed by atoms with Crippen LogP contribution in [-0.2, 0) is 0 Å². The Bertz CT molecular complexity index is 677. The smallest absolute Gasteiger partial charge is 0.362 e. The highest BCUT2D eigenvalue weighted by molar-refractivity contribution is 9.10. The van der Waals surface area contributed by atoms with E-state index >= 15 is 0 Å². The molecule has 1 heterocycles. The Morgan fingerprint density at radius 1 is 1.35 bits per heavy atom. The first-order valence-corrected chi connectivity index (χ1v) is 8.01. The minimum Gasteiger partial charge on any atom is -0.362 e. The fourth-order valence-electron chi connectivity index (χ4n) is 3.17. The molecule has 0 unspecified atom stereocenters. The number of halogens is 4. The predicted octanol–water partition coefficient (Wildman–Crippen LogP) is 3.70. The number of fused-ring (bicyclic) bond motifs is 1. The van der Waals surface area contributed by atoms with Crippen molar-refractivity contribution in [2.75, 3.05) is 0 Å². The maximum atomic E-state index is 13.6. The molecule has 8 heteroatoms. The highest BCUT2D eigenvalue weighted by Gasteiger charge is 2.68. The van der Waals surface area contributed by atoms with Gasteiger partial charge in [0.15, 0.2) is 0 Å². The van der Waals surface area contributed by atoms with E-state index < -0.39 is 23.7 Å². The van der Waals surface area contributed by atoms with E-state index in [-0.39, 0.29) is 22.7 Å². The summed E-state index contributed by atoms with van der Waals surface area (Å²) in [5.74, 6) is -2.16. The number of carbonyl (C=O) groups is 1. The van der Waals surface area contributed by atoms with Crippen molar-refractivity contribution >= 4 is 27.5 Å². The number of benzene rings is 1. The Hall–Kier alpha value is -1.41. The quantitative estimate of drug-likeness (QED) is 0.794. The number of rotatable bonds is 1. The van der Waals surface area contributed by atoms with Crippen LogP contribution in [0.4, 0.5) is 13.2 Å². The van der Waals surface area contributed by atoms with Crippen molar-refractivity contribution in [1.82, 2.24) is 5.01 Å². The molecule has 1 N–H and O–H groups in total. The molecule has 0 bridgehead atoms. The fourth-order valence-corrected chi connectivity index (χ4v) is 3.62. The van der Waals surface area contributed by atoms with Crippen LogP contribution >= 0.6 is 15.9 Å². The first kappa shape index (κ1) is 16.4. The Morgan fingerprint density at radius 3 is 2.70 bits per heavy atom. The van der Waals surface area contributed by atoms with Gasteiger partial charge in [0, 0.05) is 10.2 Å². The van der Waals surface area contributed by atoms with E-state index in [1.807, 2.05) is 0 Å². The molecule has 0 spiro atoms. The zero-order valence-electron chi connectivity index (χ0n) is 12.0. The summed E-state index contributed by atoms with van der Waals surface area (Å²) in [6.45, 7) is 0. The molecule has 124 valence electrons. The van der Waals surface area contributed by atoms with E-state index in [1.165, 1.54) is 6.07 Å². The molecule has 0 aromatic heterocycles. The zero-order valence-corrected chi connectivity index (χ0v) is 13.6. The minimum atomic E-state index is -4.99. The highest BCUT2D eigenvalue weighted by atomic mass is 79.9. The second-order valence-corrected chi connectivity index (χ2v) is 6.56. The summed E-state index contributed by atoms with van der Waals surface area (Å²) < 4.78 is 41.2. The van der Waals surface area contributed by atoms with Crippen molar-refractivity contribution in [3.8, 4) is 0 Å². The lowest BCUT2D eigenvalue weighted by Gasteiger charge is -2.38. The van der Waals surface area contributed by atoms with Gasteiger partial charge in [0.05, 0.1) is 11.5 Å². The SMILES string of the molecule is O=C(c1ccccc1Br)N1N=C2CCCC[C@@H]2[C@]1(O)C(F)(F)F. The summed E-state index contributed by atoms with van der Waals surface area (Å²) in [4.78, 5) is 12.6. The molecule has 2 atom stereocenters. The second kappa shape index (κ2) is 5.59. The average Bonchev–Trinajstić information content (AvgIpc) is 2.82. The number of carbonyl (C=O) groups excluding carboxylic acids is 1. The largest absolute Gasteiger partial charge is 0.439 e. The van der Waals surface area contributed by atoms with Gasteiger partial charge in [-0.25, -0.2) is 0 Å². The third-order valence-electron chi connectivity index (χ3n) is 4.33. The number of nitrogens with zero attached hydrogens (tertiary/aromatic N) is 2. The fraction of sp³-hybridized carbons (Fsp3) is 0.467. The maximum absolute atomic E-state index is 13.6. The highest BCUT2D eigenvalue weighted by Crippen LogP contribution is 2.48. The molecular weight excluding hydrogens is 377 g/mol.